The van der Waals surface area contributed by atoms with Crippen LogP contribution in [0.3, 0.4) is 0 Å². The van der Waals surface area contributed by atoms with Gasteiger partial charge in [0.05, 0.1) is 12.1 Å². The first-order chi connectivity index (χ1) is 9.16. The summed E-state index contributed by atoms with van der Waals surface area (Å²) in [6.07, 6.45) is 0. The monoisotopic (exact) mass is 326 g/mol. The van der Waals surface area contributed by atoms with Crippen LogP contribution >= 0.6 is 15.9 Å². The Morgan fingerprint density at radius 1 is 1.42 bits per heavy atom. The second-order valence-corrected chi connectivity index (χ2v) is 4.41. The molecule has 0 aliphatic carbocycles. The fraction of sp³-hybridized carbons (Fsp3) is 0.182. The van der Waals surface area contributed by atoms with Crippen LogP contribution in [0.5, 0.6) is 0 Å². The van der Waals surface area contributed by atoms with Gasteiger partial charge < -0.3 is 10.2 Å². The summed E-state index contributed by atoms with van der Waals surface area (Å²) in [7, 11) is 0. The molecule has 0 radical (unpaired) electrons. The molecule has 2 rings (SSSR count). The summed E-state index contributed by atoms with van der Waals surface area (Å²) in [5, 5.41) is 7.78. The zero-order valence-electron chi connectivity index (χ0n) is 9.80. The van der Waals surface area contributed by atoms with Gasteiger partial charge in [0.15, 0.2) is 0 Å². The highest BCUT2D eigenvalue weighted by molar-refractivity contribution is 9.10. The second kappa shape index (κ2) is 6.41. The van der Waals surface area contributed by atoms with E-state index in [0.29, 0.717) is 11.8 Å². The topological polar surface area (TPSA) is 103 Å². The molecular weight excluding hydrogens is 316 g/mol. The molecule has 3 N–H and O–H groups in total. The van der Waals surface area contributed by atoms with Gasteiger partial charge in [0, 0.05) is 4.47 Å². The number of amides is 1. The quantitative estimate of drug-likeness (QED) is 0.606. The maximum atomic E-state index is 10.4. The Morgan fingerprint density at radius 3 is 2.95 bits per heavy atom. The van der Waals surface area contributed by atoms with E-state index >= 15 is 0 Å². The lowest BCUT2D eigenvalue weighted by atomic mass is 10.2. The Labute approximate surface area is 117 Å². The molecule has 0 saturated heterocycles. The van der Waals surface area contributed by atoms with E-state index in [-0.39, 0.29) is 13.2 Å². The number of nitrogens with two attached hydrogens (primary N) is 1. The van der Waals surface area contributed by atoms with E-state index in [1.54, 1.807) is 0 Å². The summed E-state index contributed by atoms with van der Waals surface area (Å²) >= 11 is 3.40. The van der Waals surface area contributed by atoms with Gasteiger partial charge in [-0.25, -0.2) is 0 Å². The highest BCUT2D eigenvalue weighted by Crippen LogP contribution is 2.26. The van der Waals surface area contributed by atoms with Crippen LogP contribution in [0.15, 0.2) is 33.2 Å². The molecular formula is C11H11BrN4O3. The predicted molar refractivity (Wildman–Crippen MR) is 69.4 cm³/mol. The number of hydrogen-bond acceptors (Lipinski definition) is 6. The number of primary amides is 1. The van der Waals surface area contributed by atoms with Gasteiger partial charge in [-0.05, 0) is 28.1 Å². The van der Waals surface area contributed by atoms with Crippen molar-refractivity contribution in [2.24, 2.45) is 5.73 Å². The van der Waals surface area contributed by atoms with Crippen molar-refractivity contribution in [3.05, 3.63) is 34.6 Å². The number of hydrogen-bond donors (Lipinski definition) is 2. The van der Waals surface area contributed by atoms with E-state index in [1.165, 1.54) is 0 Å². The molecule has 2 aromatic rings. The SMILES string of the molecule is NC(=O)CONCc1nnc(-c2ccccc2Br)o1. The van der Waals surface area contributed by atoms with Gasteiger partial charge in [0.25, 0.3) is 0 Å². The minimum atomic E-state index is -0.563. The van der Waals surface area contributed by atoms with Crippen LogP contribution in [0, 0.1) is 0 Å². The summed E-state index contributed by atoms with van der Waals surface area (Å²) < 4.78 is 6.31. The summed E-state index contributed by atoms with van der Waals surface area (Å²) in [6, 6.07) is 7.51. The summed E-state index contributed by atoms with van der Waals surface area (Å²) in [4.78, 5) is 15.2. The van der Waals surface area contributed by atoms with Crippen LogP contribution in [0.1, 0.15) is 5.89 Å². The molecule has 0 spiro atoms. The van der Waals surface area contributed by atoms with Gasteiger partial charge >= 0.3 is 0 Å². The first-order valence-electron chi connectivity index (χ1n) is 5.37. The molecule has 1 amide bonds. The third-order valence-electron chi connectivity index (χ3n) is 2.11. The van der Waals surface area contributed by atoms with Crippen LogP contribution in [0.2, 0.25) is 0 Å². The van der Waals surface area contributed by atoms with Crippen LogP contribution < -0.4 is 11.2 Å². The Bertz CT molecular complexity index is 573. The average Bonchev–Trinajstić information content (AvgIpc) is 2.83. The maximum absolute atomic E-state index is 10.4. The normalized spacial score (nSPS) is 10.6. The van der Waals surface area contributed by atoms with E-state index in [0.717, 1.165) is 10.0 Å². The van der Waals surface area contributed by atoms with Gasteiger partial charge in [-0.15, -0.1) is 10.2 Å². The fourth-order valence-corrected chi connectivity index (χ4v) is 1.76. The lowest BCUT2D eigenvalue weighted by Crippen LogP contribution is -2.24. The largest absolute Gasteiger partial charge is 0.419 e. The van der Waals surface area contributed by atoms with Crippen LogP contribution in [0.25, 0.3) is 11.5 Å². The van der Waals surface area contributed by atoms with Crippen molar-refractivity contribution in [2.75, 3.05) is 6.61 Å². The molecule has 7 nitrogen and oxygen atoms in total. The minimum Gasteiger partial charge on any atom is -0.419 e. The van der Waals surface area contributed by atoms with Crippen molar-refractivity contribution in [2.45, 2.75) is 6.54 Å². The number of halogens is 1. The highest BCUT2D eigenvalue weighted by atomic mass is 79.9. The Morgan fingerprint density at radius 2 is 2.21 bits per heavy atom. The zero-order valence-corrected chi connectivity index (χ0v) is 11.4. The van der Waals surface area contributed by atoms with Crippen molar-refractivity contribution in [1.29, 1.82) is 0 Å². The Balaban J connectivity index is 1.96. The minimum absolute atomic E-state index is 0.185. The lowest BCUT2D eigenvalue weighted by molar-refractivity contribution is -0.125. The van der Waals surface area contributed by atoms with Gasteiger partial charge in [-0.1, -0.05) is 12.1 Å². The molecule has 0 aliphatic rings. The number of benzene rings is 1. The molecule has 0 fully saturated rings. The number of nitrogens with zero attached hydrogens (tertiary/aromatic N) is 2. The number of rotatable bonds is 6. The van der Waals surface area contributed by atoms with Crippen molar-refractivity contribution in [3.63, 3.8) is 0 Å². The molecule has 0 unspecified atom stereocenters. The third kappa shape index (κ3) is 3.85. The van der Waals surface area contributed by atoms with Gasteiger partial charge in [0.1, 0.15) is 6.61 Å². The lowest BCUT2D eigenvalue weighted by Gasteiger charge is -2.00. The van der Waals surface area contributed by atoms with E-state index in [4.69, 9.17) is 15.0 Å². The maximum Gasteiger partial charge on any atom is 0.248 e. The van der Waals surface area contributed by atoms with Crippen molar-refractivity contribution < 1.29 is 14.0 Å². The highest BCUT2D eigenvalue weighted by Gasteiger charge is 2.10. The van der Waals surface area contributed by atoms with E-state index in [2.05, 4.69) is 31.6 Å². The van der Waals surface area contributed by atoms with Crippen LogP contribution in [-0.2, 0) is 16.2 Å². The smallest absolute Gasteiger partial charge is 0.248 e. The van der Waals surface area contributed by atoms with Gasteiger partial charge in [-0.2, -0.15) is 5.48 Å². The number of aromatic nitrogens is 2. The zero-order chi connectivity index (χ0) is 13.7. The molecule has 8 heteroatoms. The standard InChI is InChI=1S/C11H11BrN4O3/c12-8-4-2-1-3-7(8)11-16-15-10(19-11)5-14-18-6-9(13)17/h1-4,14H,5-6H2,(H2,13,17). The van der Waals surface area contributed by atoms with E-state index < -0.39 is 5.91 Å². The number of hydroxylamine groups is 1. The summed E-state index contributed by atoms with van der Waals surface area (Å²) in [5.41, 5.74) is 8.22. The second-order valence-electron chi connectivity index (χ2n) is 3.56. The Hall–Kier alpha value is -1.77. The third-order valence-corrected chi connectivity index (χ3v) is 2.80. The number of carbonyl (C=O) groups is 1. The first kappa shape index (κ1) is 13.7. The van der Waals surface area contributed by atoms with Gasteiger partial charge in [-0.3, -0.25) is 9.63 Å². The summed E-state index contributed by atoms with van der Waals surface area (Å²) in [5.74, 6) is 0.182. The van der Waals surface area contributed by atoms with Crippen molar-refractivity contribution >= 4 is 21.8 Å². The average molecular weight is 327 g/mol. The number of nitrogens with one attached hydrogen (secondary N) is 1. The molecule has 1 aromatic heterocycles. The van der Waals surface area contributed by atoms with Crippen molar-refractivity contribution in [3.8, 4) is 11.5 Å². The van der Waals surface area contributed by atoms with Crippen molar-refractivity contribution in [1.82, 2.24) is 15.7 Å². The molecule has 19 heavy (non-hydrogen) atoms. The molecule has 0 atom stereocenters. The van der Waals surface area contributed by atoms with Crippen LogP contribution in [-0.4, -0.2) is 22.7 Å². The molecule has 0 bridgehead atoms. The van der Waals surface area contributed by atoms with E-state index in [9.17, 15) is 4.79 Å². The summed E-state index contributed by atoms with van der Waals surface area (Å²) in [6.45, 7) is -0.0318. The van der Waals surface area contributed by atoms with Crippen LogP contribution in [0.4, 0.5) is 0 Å². The molecule has 0 aliphatic heterocycles. The van der Waals surface area contributed by atoms with E-state index in [1.807, 2.05) is 24.3 Å². The Kier molecular flexibility index (Phi) is 4.61. The van der Waals surface area contributed by atoms with Gasteiger partial charge in [0.2, 0.25) is 17.7 Å². The number of carbonyl (C=O) groups excluding carboxylic acids is 1. The molecule has 0 saturated carbocycles. The molecule has 1 heterocycles. The predicted octanol–water partition coefficient (Wildman–Crippen LogP) is 1.01. The molecule has 1 aromatic carbocycles. The fourth-order valence-electron chi connectivity index (χ4n) is 1.30. The molecule has 100 valence electrons. The first-order valence-corrected chi connectivity index (χ1v) is 6.16.